The molecule has 3 heteroatoms. The molecule has 3 nitrogen and oxygen atoms in total. The monoisotopic (exact) mass is 273 g/mol. The molecule has 0 heterocycles. The standard InChI is InChI=1S/C17H23NO2/c1-4-17(20)18(16-9-15(16)11-19)10-13-5-7-14(8-6-13)12(2)3/h4-8,12,15-16,19H,1,9-11H2,2-3H3/t15-,16+/m0/s1. The van der Waals surface area contributed by atoms with Gasteiger partial charge >= 0.3 is 0 Å². The molecule has 1 aliphatic carbocycles. The topological polar surface area (TPSA) is 40.5 Å². The first-order valence-corrected chi connectivity index (χ1v) is 7.19. The summed E-state index contributed by atoms with van der Waals surface area (Å²) in [4.78, 5) is 13.8. The zero-order valence-electron chi connectivity index (χ0n) is 12.2. The molecular formula is C17H23NO2. The van der Waals surface area contributed by atoms with Crippen molar-refractivity contribution in [1.82, 2.24) is 4.90 Å². The lowest BCUT2D eigenvalue weighted by atomic mass is 10.0. The lowest BCUT2D eigenvalue weighted by Gasteiger charge is -2.22. The fourth-order valence-corrected chi connectivity index (χ4v) is 2.49. The maximum absolute atomic E-state index is 12.0. The van der Waals surface area contributed by atoms with Crippen molar-refractivity contribution < 1.29 is 9.90 Å². The average Bonchev–Trinajstić information content (AvgIpc) is 3.23. The van der Waals surface area contributed by atoms with Crippen LogP contribution >= 0.6 is 0 Å². The normalized spacial score (nSPS) is 20.8. The first-order chi connectivity index (χ1) is 9.56. The number of hydrogen-bond acceptors (Lipinski definition) is 2. The van der Waals surface area contributed by atoms with Crippen LogP contribution in [0.4, 0.5) is 0 Å². The summed E-state index contributed by atoms with van der Waals surface area (Å²) in [7, 11) is 0. The van der Waals surface area contributed by atoms with Crippen LogP contribution in [0.2, 0.25) is 0 Å². The van der Waals surface area contributed by atoms with E-state index >= 15 is 0 Å². The molecule has 1 amide bonds. The maximum atomic E-state index is 12.0. The van der Waals surface area contributed by atoms with E-state index in [-0.39, 0.29) is 24.5 Å². The number of carbonyl (C=O) groups excluding carboxylic acids is 1. The van der Waals surface area contributed by atoms with Crippen LogP contribution in [0.15, 0.2) is 36.9 Å². The fourth-order valence-electron chi connectivity index (χ4n) is 2.49. The largest absolute Gasteiger partial charge is 0.396 e. The van der Waals surface area contributed by atoms with Crippen LogP contribution in [0.25, 0.3) is 0 Å². The van der Waals surface area contributed by atoms with Gasteiger partial charge in [-0.15, -0.1) is 0 Å². The lowest BCUT2D eigenvalue weighted by Crippen LogP contribution is -2.32. The number of nitrogens with zero attached hydrogens (tertiary/aromatic N) is 1. The number of rotatable bonds is 6. The molecule has 0 aromatic heterocycles. The summed E-state index contributed by atoms with van der Waals surface area (Å²) in [6, 6.07) is 8.56. The fraction of sp³-hybridized carbons (Fsp3) is 0.471. The molecule has 1 saturated carbocycles. The summed E-state index contributed by atoms with van der Waals surface area (Å²) in [5, 5.41) is 9.18. The second-order valence-corrected chi connectivity index (χ2v) is 5.81. The molecule has 0 spiro atoms. The molecule has 1 fully saturated rings. The van der Waals surface area contributed by atoms with Crippen molar-refractivity contribution in [2.75, 3.05) is 6.61 Å². The molecule has 1 N–H and O–H groups in total. The minimum atomic E-state index is -0.0566. The quantitative estimate of drug-likeness (QED) is 0.810. The minimum Gasteiger partial charge on any atom is -0.396 e. The molecule has 0 unspecified atom stereocenters. The second kappa shape index (κ2) is 6.23. The molecule has 0 bridgehead atoms. The Bertz CT molecular complexity index is 478. The van der Waals surface area contributed by atoms with E-state index in [2.05, 4.69) is 44.7 Å². The van der Waals surface area contributed by atoms with Gasteiger partial charge in [0.15, 0.2) is 0 Å². The van der Waals surface area contributed by atoms with Crippen LogP contribution in [0.3, 0.4) is 0 Å². The van der Waals surface area contributed by atoms with E-state index < -0.39 is 0 Å². The predicted octanol–water partition coefficient (Wildman–Crippen LogP) is 2.71. The molecule has 2 rings (SSSR count). The first kappa shape index (κ1) is 14.8. The van der Waals surface area contributed by atoms with Crippen molar-refractivity contribution in [1.29, 1.82) is 0 Å². The molecule has 1 aliphatic rings. The SMILES string of the molecule is C=CC(=O)N(Cc1ccc(C(C)C)cc1)[C@@H]1C[C@H]1CO. The van der Waals surface area contributed by atoms with Crippen LogP contribution < -0.4 is 0 Å². The molecule has 20 heavy (non-hydrogen) atoms. The smallest absolute Gasteiger partial charge is 0.246 e. The van der Waals surface area contributed by atoms with E-state index in [1.807, 2.05) is 4.90 Å². The van der Waals surface area contributed by atoms with Crippen LogP contribution in [-0.2, 0) is 11.3 Å². The predicted molar refractivity (Wildman–Crippen MR) is 80.3 cm³/mol. The van der Waals surface area contributed by atoms with E-state index in [1.165, 1.54) is 11.6 Å². The van der Waals surface area contributed by atoms with Crippen molar-refractivity contribution in [2.45, 2.75) is 38.8 Å². The Morgan fingerprint density at radius 2 is 2.10 bits per heavy atom. The summed E-state index contributed by atoms with van der Waals surface area (Å²) in [6.45, 7) is 8.64. The Hall–Kier alpha value is -1.61. The molecule has 0 radical (unpaired) electrons. The summed E-state index contributed by atoms with van der Waals surface area (Å²) in [6.07, 6.45) is 2.25. The minimum absolute atomic E-state index is 0.0566. The number of hydrogen-bond donors (Lipinski definition) is 1. The molecule has 2 atom stereocenters. The van der Waals surface area contributed by atoms with Crippen LogP contribution in [0.5, 0.6) is 0 Å². The lowest BCUT2D eigenvalue weighted by molar-refractivity contribution is -0.127. The Kier molecular flexibility index (Phi) is 4.61. The summed E-state index contributed by atoms with van der Waals surface area (Å²) in [5.41, 5.74) is 2.42. The highest BCUT2D eigenvalue weighted by molar-refractivity contribution is 5.87. The highest BCUT2D eigenvalue weighted by atomic mass is 16.3. The number of aliphatic hydroxyl groups excluding tert-OH is 1. The van der Waals surface area contributed by atoms with E-state index in [9.17, 15) is 9.90 Å². The van der Waals surface area contributed by atoms with Gasteiger partial charge in [0.2, 0.25) is 5.91 Å². The highest BCUT2D eigenvalue weighted by Crippen LogP contribution is 2.36. The van der Waals surface area contributed by atoms with Crippen molar-refractivity contribution in [3.63, 3.8) is 0 Å². The first-order valence-electron chi connectivity index (χ1n) is 7.19. The average molecular weight is 273 g/mol. The van der Waals surface area contributed by atoms with Crippen molar-refractivity contribution in [3.05, 3.63) is 48.0 Å². The Labute approximate surface area is 120 Å². The Balaban J connectivity index is 2.07. The van der Waals surface area contributed by atoms with Crippen LogP contribution in [0.1, 0.15) is 37.3 Å². The van der Waals surface area contributed by atoms with Crippen molar-refractivity contribution in [3.8, 4) is 0 Å². The number of benzene rings is 1. The Morgan fingerprint density at radius 3 is 2.55 bits per heavy atom. The number of amides is 1. The highest BCUT2D eigenvalue weighted by Gasteiger charge is 2.42. The third-order valence-electron chi connectivity index (χ3n) is 3.98. The summed E-state index contributed by atoms with van der Waals surface area (Å²) >= 11 is 0. The molecule has 108 valence electrons. The van der Waals surface area contributed by atoms with Gasteiger partial charge in [0.1, 0.15) is 0 Å². The third kappa shape index (κ3) is 3.28. The van der Waals surface area contributed by atoms with E-state index in [4.69, 9.17) is 0 Å². The van der Waals surface area contributed by atoms with Gasteiger partial charge in [0.05, 0.1) is 0 Å². The number of aliphatic hydroxyl groups is 1. The summed E-state index contributed by atoms with van der Waals surface area (Å²) < 4.78 is 0. The van der Waals surface area contributed by atoms with E-state index in [0.717, 1.165) is 12.0 Å². The van der Waals surface area contributed by atoms with Crippen LogP contribution in [-0.4, -0.2) is 28.6 Å². The van der Waals surface area contributed by atoms with Gasteiger partial charge in [-0.05, 0) is 29.5 Å². The van der Waals surface area contributed by atoms with E-state index in [1.54, 1.807) is 0 Å². The van der Waals surface area contributed by atoms with Gasteiger partial charge in [-0.1, -0.05) is 44.7 Å². The molecule has 0 aliphatic heterocycles. The van der Waals surface area contributed by atoms with Gasteiger partial charge in [0.25, 0.3) is 0 Å². The van der Waals surface area contributed by atoms with Gasteiger partial charge in [-0.2, -0.15) is 0 Å². The van der Waals surface area contributed by atoms with E-state index in [0.29, 0.717) is 12.5 Å². The zero-order chi connectivity index (χ0) is 14.7. The Morgan fingerprint density at radius 1 is 1.45 bits per heavy atom. The molecule has 1 aromatic rings. The summed E-state index contributed by atoms with van der Waals surface area (Å²) in [5.74, 6) is 0.685. The second-order valence-electron chi connectivity index (χ2n) is 5.81. The maximum Gasteiger partial charge on any atom is 0.246 e. The van der Waals surface area contributed by atoms with Crippen molar-refractivity contribution in [2.24, 2.45) is 5.92 Å². The number of carbonyl (C=O) groups is 1. The zero-order valence-corrected chi connectivity index (χ0v) is 12.2. The van der Waals surface area contributed by atoms with Gasteiger partial charge in [0, 0.05) is 25.1 Å². The molecule has 1 aromatic carbocycles. The van der Waals surface area contributed by atoms with Gasteiger partial charge in [-0.25, -0.2) is 0 Å². The van der Waals surface area contributed by atoms with Crippen LogP contribution in [0, 0.1) is 5.92 Å². The van der Waals surface area contributed by atoms with Crippen molar-refractivity contribution >= 4 is 5.91 Å². The van der Waals surface area contributed by atoms with Gasteiger partial charge < -0.3 is 10.0 Å². The molecular weight excluding hydrogens is 250 g/mol. The molecule has 0 saturated heterocycles. The van der Waals surface area contributed by atoms with Gasteiger partial charge in [-0.3, -0.25) is 4.79 Å². The third-order valence-corrected chi connectivity index (χ3v) is 3.98.